The van der Waals surface area contributed by atoms with Crippen LogP contribution in [0.25, 0.3) is 0 Å². The van der Waals surface area contributed by atoms with Gasteiger partial charge in [-0.25, -0.2) is 9.59 Å². The number of carbonyl (C=O) groups is 2. The van der Waals surface area contributed by atoms with E-state index in [-0.39, 0.29) is 24.6 Å². The fourth-order valence-corrected chi connectivity index (χ4v) is 2.31. The van der Waals surface area contributed by atoms with Crippen molar-refractivity contribution in [3.63, 3.8) is 0 Å². The van der Waals surface area contributed by atoms with Crippen LogP contribution in [0.5, 0.6) is 5.75 Å². The molecule has 0 amide bonds. The average Bonchev–Trinajstić information content (AvgIpc) is 2.67. The van der Waals surface area contributed by atoms with Gasteiger partial charge in [-0.05, 0) is 24.3 Å². The summed E-state index contributed by atoms with van der Waals surface area (Å²) >= 11 is 0. The summed E-state index contributed by atoms with van der Waals surface area (Å²) in [5.41, 5.74) is 0.871. The lowest BCUT2D eigenvalue weighted by molar-refractivity contribution is -0.140. The highest BCUT2D eigenvalue weighted by Crippen LogP contribution is 2.28. The maximum atomic E-state index is 12.2. The van der Waals surface area contributed by atoms with Crippen LogP contribution in [0, 0.1) is 0 Å². The van der Waals surface area contributed by atoms with E-state index in [0.717, 1.165) is 0 Å². The van der Waals surface area contributed by atoms with Gasteiger partial charge in [0.05, 0.1) is 33.0 Å². The minimum atomic E-state index is -0.635. The Bertz CT molecular complexity index is 639. The van der Waals surface area contributed by atoms with Crippen LogP contribution in [-0.2, 0) is 28.5 Å². The van der Waals surface area contributed by atoms with Gasteiger partial charge in [-0.1, -0.05) is 0 Å². The molecule has 0 unspecified atom stereocenters. The third-order valence-electron chi connectivity index (χ3n) is 3.54. The molecule has 1 aliphatic rings. The lowest BCUT2D eigenvalue weighted by Gasteiger charge is -2.31. The molecule has 136 valence electrons. The van der Waals surface area contributed by atoms with Crippen LogP contribution >= 0.6 is 0 Å². The Balaban J connectivity index is 2.29. The Hall–Kier alpha value is -2.58. The third-order valence-corrected chi connectivity index (χ3v) is 3.54. The van der Waals surface area contributed by atoms with Gasteiger partial charge in [0.15, 0.2) is 0 Å². The SMILES string of the molecule is COCCOc1ccc(N2COCC(C(=O)OC)=C2C(=O)OC)cc1. The zero-order valence-corrected chi connectivity index (χ0v) is 14.4. The van der Waals surface area contributed by atoms with Gasteiger partial charge in [0.1, 0.15) is 24.8 Å². The van der Waals surface area contributed by atoms with Crippen molar-refractivity contribution in [3.8, 4) is 5.75 Å². The van der Waals surface area contributed by atoms with Gasteiger partial charge in [-0.2, -0.15) is 0 Å². The minimum absolute atomic E-state index is 0.0220. The van der Waals surface area contributed by atoms with E-state index in [1.807, 2.05) is 0 Å². The van der Waals surface area contributed by atoms with E-state index in [9.17, 15) is 9.59 Å². The second kappa shape index (κ2) is 9.05. The van der Waals surface area contributed by atoms with E-state index in [1.165, 1.54) is 14.2 Å². The molecule has 0 N–H and O–H groups in total. The van der Waals surface area contributed by atoms with Crippen LogP contribution in [0.2, 0.25) is 0 Å². The molecule has 0 aliphatic carbocycles. The molecule has 1 aromatic carbocycles. The van der Waals surface area contributed by atoms with Crippen molar-refractivity contribution in [2.45, 2.75) is 0 Å². The Morgan fingerprint density at radius 3 is 2.32 bits per heavy atom. The van der Waals surface area contributed by atoms with Crippen LogP contribution in [0.3, 0.4) is 0 Å². The first-order valence-corrected chi connectivity index (χ1v) is 7.59. The summed E-state index contributed by atoms with van der Waals surface area (Å²) in [5, 5.41) is 0. The smallest absolute Gasteiger partial charge is 0.355 e. The summed E-state index contributed by atoms with van der Waals surface area (Å²) in [5.74, 6) is -0.607. The van der Waals surface area contributed by atoms with Crippen molar-refractivity contribution in [2.75, 3.05) is 52.8 Å². The summed E-state index contributed by atoms with van der Waals surface area (Å²) in [6, 6.07) is 7.03. The average molecular weight is 351 g/mol. The lowest BCUT2D eigenvalue weighted by atomic mass is 10.1. The second-order valence-corrected chi connectivity index (χ2v) is 5.05. The molecule has 0 aromatic heterocycles. The highest BCUT2D eigenvalue weighted by Gasteiger charge is 2.32. The molecule has 0 saturated heterocycles. The predicted molar refractivity (Wildman–Crippen MR) is 88.2 cm³/mol. The van der Waals surface area contributed by atoms with Gasteiger partial charge >= 0.3 is 11.9 Å². The summed E-state index contributed by atoms with van der Waals surface area (Å²) in [4.78, 5) is 25.7. The first-order chi connectivity index (χ1) is 12.1. The first kappa shape index (κ1) is 18.8. The first-order valence-electron chi connectivity index (χ1n) is 7.59. The third kappa shape index (κ3) is 4.49. The number of carbonyl (C=O) groups excluding carboxylic acids is 2. The Labute approximate surface area is 145 Å². The number of hydrogen-bond acceptors (Lipinski definition) is 8. The Morgan fingerprint density at radius 2 is 1.72 bits per heavy atom. The molecule has 25 heavy (non-hydrogen) atoms. The van der Waals surface area contributed by atoms with Crippen molar-refractivity contribution in [1.29, 1.82) is 0 Å². The number of rotatable bonds is 7. The quantitative estimate of drug-likeness (QED) is 0.534. The topological polar surface area (TPSA) is 83.5 Å². The van der Waals surface area contributed by atoms with Crippen molar-refractivity contribution in [1.82, 2.24) is 0 Å². The van der Waals surface area contributed by atoms with Gasteiger partial charge < -0.3 is 28.6 Å². The Kier molecular flexibility index (Phi) is 6.79. The predicted octanol–water partition coefficient (Wildman–Crippen LogP) is 1.11. The molecule has 2 rings (SSSR count). The molecule has 8 heteroatoms. The normalized spacial score (nSPS) is 14.3. The van der Waals surface area contributed by atoms with E-state index < -0.39 is 11.9 Å². The second-order valence-electron chi connectivity index (χ2n) is 5.05. The summed E-state index contributed by atoms with van der Waals surface area (Å²) < 4.78 is 25.4. The molecular weight excluding hydrogens is 330 g/mol. The maximum absolute atomic E-state index is 12.2. The number of anilines is 1. The highest BCUT2D eigenvalue weighted by molar-refractivity contribution is 6.03. The van der Waals surface area contributed by atoms with Gasteiger partial charge in [-0.3, -0.25) is 0 Å². The zero-order chi connectivity index (χ0) is 18.2. The fraction of sp³-hybridized carbons (Fsp3) is 0.412. The van der Waals surface area contributed by atoms with E-state index in [1.54, 1.807) is 36.3 Å². The molecule has 0 bridgehead atoms. The summed E-state index contributed by atoms with van der Waals surface area (Å²) in [6.07, 6.45) is 0. The maximum Gasteiger partial charge on any atom is 0.355 e. The Morgan fingerprint density at radius 1 is 1.04 bits per heavy atom. The number of esters is 2. The highest BCUT2D eigenvalue weighted by atomic mass is 16.5. The summed E-state index contributed by atoms with van der Waals surface area (Å²) in [7, 11) is 4.10. The molecule has 1 aromatic rings. The van der Waals surface area contributed by atoms with Crippen LogP contribution in [0.4, 0.5) is 5.69 Å². The molecule has 0 saturated carbocycles. The summed E-state index contributed by atoms with van der Waals surface area (Å²) in [6.45, 7) is 1.00. The van der Waals surface area contributed by atoms with Crippen LogP contribution in [0.15, 0.2) is 35.5 Å². The molecular formula is C17H21NO7. The van der Waals surface area contributed by atoms with Crippen molar-refractivity contribution < 1.29 is 33.3 Å². The van der Waals surface area contributed by atoms with Gasteiger partial charge in [0, 0.05) is 12.8 Å². The van der Waals surface area contributed by atoms with Crippen LogP contribution in [-0.4, -0.2) is 59.8 Å². The van der Waals surface area contributed by atoms with Crippen molar-refractivity contribution in [2.24, 2.45) is 0 Å². The largest absolute Gasteiger partial charge is 0.491 e. The molecule has 1 aliphatic heterocycles. The number of ether oxygens (including phenoxy) is 5. The standard InChI is InChI=1S/C17H21NO7/c1-21-8-9-25-13-6-4-12(5-7-13)18-11-24-10-14(16(19)22-2)15(18)17(20)23-3/h4-7H,8-11H2,1-3H3. The molecule has 8 nitrogen and oxygen atoms in total. The molecule has 0 atom stereocenters. The van der Waals surface area contributed by atoms with Crippen LogP contribution < -0.4 is 9.64 Å². The zero-order valence-electron chi connectivity index (χ0n) is 14.4. The van der Waals surface area contributed by atoms with E-state index in [4.69, 9.17) is 23.7 Å². The minimum Gasteiger partial charge on any atom is -0.491 e. The van der Waals surface area contributed by atoms with E-state index in [0.29, 0.717) is 24.7 Å². The monoisotopic (exact) mass is 351 g/mol. The van der Waals surface area contributed by atoms with Crippen molar-refractivity contribution in [3.05, 3.63) is 35.5 Å². The molecule has 1 heterocycles. The number of benzene rings is 1. The number of hydrogen-bond donors (Lipinski definition) is 0. The number of methoxy groups -OCH3 is 3. The van der Waals surface area contributed by atoms with E-state index >= 15 is 0 Å². The number of nitrogens with zero attached hydrogens (tertiary/aromatic N) is 1. The fourth-order valence-electron chi connectivity index (χ4n) is 2.31. The van der Waals surface area contributed by atoms with Gasteiger partial charge in [0.25, 0.3) is 0 Å². The van der Waals surface area contributed by atoms with Gasteiger partial charge in [-0.15, -0.1) is 0 Å². The molecule has 0 fully saturated rings. The van der Waals surface area contributed by atoms with E-state index in [2.05, 4.69) is 0 Å². The van der Waals surface area contributed by atoms with Gasteiger partial charge in [0.2, 0.25) is 0 Å². The molecule has 0 radical (unpaired) electrons. The van der Waals surface area contributed by atoms with Crippen molar-refractivity contribution >= 4 is 17.6 Å². The molecule has 0 spiro atoms. The van der Waals surface area contributed by atoms with Crippen LogP contribution in [0.1, 0.15) is 0 Å². The lowest BCUT2D eigenvalue weighted by Crippen LogP contribution is -2.38.